The van der Waals surface area contributed by atoms with E-state index in [0.717, 1.165) is 47.9 Å². The highest BCUT2D eigenvalue weighted by Crippen LogP contribution is 2.41. The highest BCUT2D eigenvalue weighted by atomic mass is 32.1. The van der Waals surface area contributed by atoms with E-state index in [2.05, 4.69) is 9.88 Å². The summed E-state index contributed by atoms with van der Waals surface area (Å²) in [5, 5.41) is 21.0. The van der Waals surface area contributed by atoms with E-state index >= 15 is 0 Å². The number of hydrogen-bond acceptors (Lipinski definition) is 7. The molecular formula is C23H25F3N4O3S. The molecule has 0 atom stereocenters. The first-order chi connectivity index (χ1) is 15.9. The molecule has 1 fully saturated rings. The fourth-order valence-corrected chi connectivity index (χ4v) is 5.19. The van der Waals surface area contributed by atoms with E-state index in [1.165, 1.54) is 11.3 Å². The number of nitrogens with two attached hydrogens (primary N) is 1. The summed E-state index contributed by atoms with van der Waals surface area (Å²) >= 11 is 1.42. The fourth-order valence-electron chi connectivity index (χ4n) is 4.16. The molecule has 1 saturated heterocycles. The van der Waals surface area contributed by atoms with Crippen molar-refractivity contribution in [2.24, 2.45) is 11.7 Å². The topological polar surface area (TPSA) is 113 Å². The molecule has 11 heteroatoms. The second-order valence-corrected chi connectivity index (χ2v) is 10.00. The number of fused-ring (bicyclic) bond motifs is 1. The summed E-state index contributed by atoms with van der Waals surface area (Å²) in [5.74, 6) is -0.821. The number of piperidine rings is 1. The quantitative estimate of drug-likeness (QED) is 0.496. The molecule has 4 N–H and O–H groups in total. The van der Waals surface area contributed by atoms with E-state index in [1.807, 2.05) is 0 Å². The van der Waals surface area contributed by atoms with Crippen LogP contribution in [-0.2, 0) is 11.8 Å². The Labute approximate surface area is 198 Å². The lowest BCUT2D eigenvalue weighted by Gasteiger charge is -2.30. The molecule has 34 heavy (non-hydrogen) atoms. The molecule has 182 valence electrons. The molecule has 4 rings (SSSR count). The van der Waals surface area contributed by atoms with Crippen molar-refractivity contribution in [1.29, 1.82) is 0 Å². The van der Waals surface area contributed by atoms with Gasteiger partial charge in [0.2, 0.25) is 0 Å². The molecule has 7 nitrogen and oxygen atoms in total. The van der Waals surface area contributed by atoms with Gasteiger partial charge in [0.1, 0.15) is 11.4 Å². The third-order valence-electron chi connectivity index (χ3n) is 6.03. The summed E-state index contributed by atoms with van der Waals surface area (Å²) in [4.78, 5) is 22.4. The molecule has 0 saturated carbocycles. The normalized spacial score (nSPS) is 15.8. The van der Waals surface area contributed by atoms with Crippen molar-refractivity contribution in [2.45, 2.75) is 38.5 Å². The number of aliphatic hydroxyl groups is 2. The maximum Gasteiger partial charge on any atom is 0.433 e. The lowest BCUT2D eigenvalue weighted by atomic mass is 9.88. The van der Waals surface area contributed by atoms with Crippen LogP contribution in [0.2, 0.25) is 0 Å². The number of pyridine rings is 1. The van der Waals surface area contributed by atoms with Gasteiger partial charge in [0.15, 0.2) is 5.13 Å². The molecule has 2 aromatic heterocycles. The molecule has 3 aromatic rings. The second kappa shape index (κ2) is 8.79. The van der Waals surface area contributed by atoms with Crippen LogP contribution in [0.3, 0.4) is 0 Å². The highest BCUT2D eigenvalue weighted by Gasteiger charge is 2.34. The number of hydrogen-bond donors (Lipinski definition) is 3. The standard InChI is InChI=1S/C23H25F3N4O3S/c1-22(2,33)15-10-16-17(34-21(28-16)30-7-5-12(11-31)6-8-30)9-14(15)13-3-4-18(23(24,25)26)29-19(13)20(27)32/h3-4,9-10,12,31,33H,5-8,11H2,1-2H3,(H2,27,32). The number of amides is 1. The smallest absolute Gasteiger partial charge is 0.396 e. The molecule has 1 amide bonds. The number of rotatable bonds is 5. The van der Waals surface area contributed by atoms with Gasteiger partial charge in [-0.3, -0.25) is 4.79 Å². The zero-order valence-electron chi connectivity index (χ0n) is 18.7. The molecule has 0 unspecified atom stereocenters. The minimum absolute atomic E-state index is 0.109. The Morgan fingerprint density at radius 1 is 1.18 bits per heavy atom. The molecule has 0 spiro atoms. The first kappa shape index (κ1) is 24.4. The average Bonchev–Trinajstić information content (AvgIpc) is 3.20. The number of halogens is 3. The lowest BCUT2D eigenvalue weighted by Crippen LogP contribution is -2.34. The summed E-state index contributed by atoms with van der Waals surface area (Å²) < 4.78 is 40.3. The van der Waals surface area contributed by atoms with Gasteiger partial charge in [-0.25, -0.2) is 9.97 Å². The van der Waals surface area contributed by atoms with Gasteiger partial charge in [0.25, 0.3) is 5.91 Å². The van der Waals surface area contributed by atoms with Crippen molar-refractivity contribution in [2.75, 3.05) is 24.6 Å². The summed E-state index contributed by atoms with van der Waals surface area (Å²) in [7, 11) is 0. The van der Waals surface area contributed by atoms with E-state index in [1.54, 1.807) is 26.0 Å². The van der Waals surface area contributed by atoms with E-state index in [-0.39, 0.29) is 18.1 Å². The Balaban J connectivity index is 1.85. The van der Waals surface area contributed by atoms with Gasteiger partial charge < -0.3 is 20.8 Å². The van der Waals surface area contributed by atoms with E-state index in [9.17, 15) is 28.2 Å². The number of anilines is 1. The van der Waals surface area contributed by atoms with Crippen LogP contribution in [0.25, 0.3) is 21.3 Å². The van der Waals surface area contributed by atoms with Crippen LogP contribution < -0.4 is 10.6 Å². The van der Waals surface area contributed by atoms with Crippen molar-refractivity contribution < 1.29 is 28.2 Å². The molecule has 0 bridgehead atoms. The van der Waals surface area contributed by atoms with E-state index in [0.29, 0.717) is 16.6 Å². The van der Waals surface area contributed by atoms with Gasteiger partial charge in [-0.05, 0) is 68.0 Å². The van der Waals surface area contributed by atoms with Crippen LogP contribution in [0.4, 0.5) is 18.3 Å². The van der Waals surface area contributed by atoms with Crippen LogP contribution in [0, 0.1) is 5.92 Å². The number of primary amides is 1. The van der Waals surface area contributed by atoms with Crippen LogP contribution in [0.5, 0.6) is 0 Å². The molecule has 1 aromatic carbocycles. The van der Waals surface area contributed by atoms with Crippen LogP contribution in [-0.4, -0.2) is 45.8 Å². The van der Waals surface area contributed by atoms with Crippen LogP contribution in [0.1, 0.15) is 48.4 Å². The number of alkyl halides is 3. The Morgan fingerprint density at radius 3 is 2.41 bits per heavy atom. The molecule has 1 aliphatic heterocycles. The third-order valence-corrected chi connectivity index (χ3v) is 7.11. The van der Waals surface area contributed by atoms with Gasteiger partial charge in [-0.15, -0.1) is 0 Å². The number of carbonyl (C=O) groups excluding carboxylic acids is 1. The number of benzene rings is 1. The van der Waals surface area contributed by atoms with E-state index in [4.69, 9.17) is 10.7 Å². The van der Waals surface area contributed by atoms with Crippen LogP contribution >= 0.6 is 11.3 Å². The predicted octanol–water partition coefficient (Wildman–Crippen LogP) is 3.91. The summed E-state index contributed by atoms with van der Waals surface area (Å²) in [6.45, 7) is 4.77. The van der Waals surface area contributed by atoms with Crippen molar-refractivity contribution in [3.63, 3.8) is 0 Å². The third kappa shape index (κ3) is 4.73. The summed E-state index contributed by atoms with van der Waals surface area (Å²) in [5.41, 5.74) is 3.77. The Hall–Kier alpha value is -2.76. The van der Waals surface area contributed by atoms with Gasteiger partial charge in [-0.2, -0.15) is 13.2 Å². The Bertz CT molecular complexity index is 1230. The SMILES string of the molecule is CC(C)(O)c1cc2nc(N3CCC(CO)CC3)sc2cc1-c1ccc(C(F)(F)F)nc1C(N)=O. The number of nitrogens with zero attached hydrogens (tertiary/aromatic N) is 3. The minimum atomic E-state index is -4.73. The minimum Gasteiger partial charge on any atom is -0.396 e. The number of aliphatic hydroxyl groups excluding tert-OH is 1. The monoisotopic (exact) mass is 494 g/mol. The zero-order valence-corrected chi connectivity index (χ0v) is 19.5. The van der Waals surface area contributed by atoms with Crippen molar-refractivity contribution >= 4 is 32.6 Å². The number of thiazole rings is 1. The maximum atomic E-state index is 13.2. The Morgan fingerprint density at radius 2 is 1.85 bits per heavy atom. The first-order valence-corrected chi connectivity index (χ1v) is 11.6. The van der Waals surface area contributed by atoms with Gasteiger partial charge in [-0.1, -0.05) is 11.3 Å². The largest absolute Gasteiger partial charge is 0.433 e. The highest BCUT2D eigenvalue weighted by molar-refractivity contribution is 7.22. The lowest BCUT2D eigenvalue weighted by molar-refractivity contribution is -0.141. The molecule has 0 radical (unpaired) electrons. The zero-order chi connectivity index (χ0) is 24.8. The molecule has 3 heterocycles. The second-order valence-electron chi connectivity index (χ2n) is 8.99. The molecular weight excluding hydrogens is 469 g/mol. The van der Waals surface area contributed by atoms with Gasteiger partial charge in [0.05, 0.1) is 15.8 Å². The average molecular weight is 495 g/mol. The predicted molar refractivity (Wildman–Crippen MR) is 124 cm³/mol. The summed E-state index contributed by atoms with van der Waals surface area (Å²) in [6, 6.07) is 5.35. The van der Waals surface area contributed by atoms with Crippen molar-refractivity contribution in [1.82, 2.24) is 9.97 Å². The van der Waals surface area contributed by atoms with Crippen molar-refractivity contribution in [3.05, 3.63) is 41.2 Å². The number of carbonyl (C=O) groups is 1. The Kier molecular flexibility index (Phi) is 6.30. The fraction of sp³-hybridized carbons (Fsp3) is 0.435. The molecule has 1 aliphatic rings. The van der Waals surface area contributed by atoms with Gasteiger partial charge in [0, 0.05) is 25.3 Å². The number of aromatic nitrogens is 2. The summed E-state index contributed by atoms with van der Waals surface area (Å²) in [6.07, 6.45) is -3.03. The maximum absolute atomic E-state index is 13.2. The van der Waals surface area contributed by atoms with Gasteiger partial charge >= 0.3 is 6.18 Å². The van der Waals surface area contributed by atoms with Crippen molar-refractivity contribution in [3.8, 4) is 11.1 Å². The molecule has 0 aliphatic carbocycles. The van der Waals surface area contributed by atoms with E-state index < -0.39 is 29.1 Å². The first-order valence-electron chi connectivity index (χ1n) is 10.8. The van der Waals surface area contributed by atoms with Crippen LogP contribution in [0.15, 0.2) is 24.3 Å².